The van der Waals surface area contributed by atoms with Gasteiger partial charge in [-0.2, -0.15) is 0 Å². The monoisotopic (exact) mass is 485 g/mol. The fourth-order valence-corrected chi connectivity index (χ4v) is 3.69. The molecule has 18 heavy (non-hydrogen) atoms. The molecule has 0 unspecified atom stereocenters. The van der Waals surface area contributed by atoms with Crippen molar-refractivity contribution in [1.82, 2.24) is 5.32 Å². The van der Waals surface area contributed by atoms with E-state index in [2.05, 4.69) is 59.8 Å². The second kappa shape index (κ2) is 6.22. The Balaban J connectivity index is 1.98. The van der Waals surface area contributed by atoms with Crippen LogP contribution >= 0.6 is 54.5 Å². The molecule has 2 rings (SSSR count). The SMILES string of the molecule is O=C(NCC1(CCBr)CC1)c1cc(I)ccc1Br. The van der Waals surface area contributed by atoms with Crippen LogP contribution in [-0.2, 0) is 0 Å². The van der Waals surface area contributed by atoms with Crippen LogP contribution in [-0.4, -0.2) is 17.8 Å². The maximum absolute atomic E-state index is 12.1. The van der Waals surface area contributed by atoms with E-state index in [1.165, 1.54) is 12.8 Å². The van der Waals surface area contributed by atoms with Crippen LogP contribution in [0, 0.1) is 8.99 Å². The summed E-state index contributed by atoms with van der Waals surface area (Å²) < 4.78 is 1.92. The molecule has 0 heterocycles. The Labute approximate surface area is 138 Å². The lowest BCUT2D eigenvalue weighted by Gasteiger charge is -2.15. The lowest BCUT2D eigenvalue weighted by Crippen LogP contribution is -2.30. The molecular formula is C13H14Br2INO. The van der Waals surface area contributed by atoms with Crippen molar-refractivity contribution >= 4 is 60.4 Å². The summed E-state index contributed by atoms with van der Waals surface area (Å²) in [6.07, 6.45) is 3.60. The third-order valence-electron chi connectivity index (χ3n) is 3.38. The van der Waals surface area contributed by atoms with Crippen LogP contribution in [0.3, 0.4) is 0 Å². The summed E-state index contributed by atoms with van der Waals surface area (Å²) in [5.74, 6) is 0.0150. The molecule has 1 aromatic rings. The minimum absolute atomic E-state index is 0.0150. The molecule has 1 aliphatic rings. The number of benzene rings is 1. The van der Waals surface area contributed by atoms with Crippen molar-refractivity contribution < 1.29 is 4.79 Å². The topological polar surface area (TPSA) is 29.1 Å². The zero-order valence-corrected chi connectivity index (χ0v) is 15.1. The Morgan fingerprint density at radius 2 is 2.17 bits per heavy atom. The molecule has 2 nitrogen and oxygen atoms in total. The smallest absolute Gasteiger partial charge is 0.252 e. The minimum Gasteiger partial charge on any atom is -0.351 e. The Kier molecular flexibility index (Phi) is 5.11. The van der Waals surface area contributed by atoms with Gasteiger partial charge in [0.25, 0.3) is 5.91 Å². The molecule has 5 heteroatoms. The number of carbonyl (C=O) groups is 1. The summed E-state index contributed by atoms with van der Waals surface area (Å²) in [6.45, 7) is 0.787. The first-order valence-corrected chi connectivity index (χ1v) is 8.85. The Bertz CT molecular complexity index is 460. The molecule has 1 amide bonds. The van der Waals surface area contributed by atoms with Gasteiger partial charge in [0.2, 0.25) is 0 Å². The molecular weight excluding hydrogens is 473 g/mol. The number of hydrogen-bond donors (Lipinski definition) is 1. The molecule has 1 fully saturated rings. The lowest BCUT2D eigenvalue weighted by atomic mass is 10.0. The standard InChI is InChI=1S/C13H14Br2INO/c14-6-5-13(3-4-13)8-17-12(18)10-7-9(16)1-2-11(10)15/h1-2,7H,3-6,8H2,(H,17,18). The first-order chi connectivity index (χ1) is 8.56. The van der Waals surface area contributed by atoms with Gasteiger partial charge in [-0.3, -0.25) is 4.79 Å². The lowest BCUT2D eigenvalue weighted by molar-refractivity contribution is 0.0943. The van der Waals surface area contributed by atoms with Crippen LogP contribution in [0.1, 0.15) is 29.6 Å². The normalized spacial score (nSPS) is 16.4. The molecule has 1 N–H and O–H groups in total. The van der Waals surface area contributed by atoms with Gasteiger partial charge in [-0.05, 0) is 81.4 Å². The van der Waals surface area contributed by atoms with Crippen LogP contribution in [0.25, 0.3) is 0 Å². The van der Waals surface area contributed by atoms with Gasteiger partial charge in [-0.1, -0.05) is 15.9 Å². The second-order valence-corrected chi connectivity index (χ2v) is 7.64. The van der Waals surface area contributed by atoms with E-state index in [4.69, 9.17) is 0 Å². The summed E-state index contributed by atoms with van der Waals surface area (Å²) in [4.78, 5) is 12.1. The predicted molar refractivity (Wildman–Crippen MR) is 89.3 cm³/mol. The Morgan fingerprint density at radius 3 is 2.78 bits per heavy atom. The molecule has 0 aromatic heterocycles. The number of amides is 1. The highest BCUT2D eigenvalue weighted by atomic mass is 127. The number of alkyl halides is 1. The van der Waals surface area contributed by atoms with Crippen LogP contribution in [0.4, 0.5) is 0 Å². The van der Waals surface area contributed by atoms with Gasteiger partial charge in [-0.15, -0.1) is 0 Å². The Hall–Kier alpha value is 0.380. The fourth-order valence-electron chi connectivity index (χ4n) is 1.93. The first kappa shape index (κ1) is 14.8. The van der Waals surface area contributed by atoms with Crippen molar-refractivity contribution in [3.8, 4) is 0 Å². The van der Waals surface area contributed by atoms with E-state index >= 15 is 0 Å². The van der Waals surface area contributed by atoms with E-state index in [-0.39, 0.29) is 5.91 Å². The molecule has 1 aliphatic carbocycles. The molecule has 1 aromatic carbocycles. The highest BCUT2D eigenvalue weighted by molar-refractivity contribution is 14.1. The third kappa shape index (κ3) is 3.70. The molecule has 0 radical (unpaired) electrons. The Morgan fingerprint density at radius 1 is 1.44 bits per heavy atom. The fraction of sp³-hybridized carbons (Fsp3) is 0.462. The van der Waals surface area contributed by atoms with Gasteiger partial charge in [0.05, 0.1) is 5.56 Å². The van der Waals surface area contributed by atoms with Crippen molar-refractivity contribution in [1.29, 1.82) is 0 Å². The van der Waals surface area contributed by atoms with Crippen LogP contribution in [0.5, 0.6) is 0 Å². The molecule has 0 bridgehead atoms. The van der Waals surface area contributed by atoms with E-state index < -0.39 is 0 Å². The average molecular weight is 487 g/mol. The van der Waals surface area contributed by atoms with Gasteiger partial charge < -0.3 is 5.32 Å². The summed E-state index contributed by atoms with van der Waals surface area (Å²) >= 11 is 9.12. The van der Waals surface area contributed by atoms with Crippen LogP contribution in [0.15, 0.2) is 22.7 Å². The van der Waals surface area contributed by atoms with Crippen molar-refractivity contribution in [2.24, 2.45) is 5.41 Å². The molecule has 0 aliphatic heterocycles. The summed E-state index contributed by atoms with van der Waals surface area (Å²) in [5.41, 5.74) is 1.07. The van der Waals surface area contributed by atoms with Crippen LogP contribution in [0.2, 0.25) is 0 Å². The van der Waals surface area contributed by atoms with Crippen molar-refractivity contribution in [2.75, 3.05) is 11.9 Å². The van der Waals surface area contributed by atoms with E-state index in [1.807, 2.05) is 18.2 Å². The molecule has 1 saturated carbocycles. The zero-order valence-electron chi connectivity index (χ0n) is 9.81. The van der Waals surface area contributed by atoms with Gasteiger partial charge in [0.15, 0.2) is 0 Å². The molecule has 0 atom stereocenters. The van der Waals surface area contributed by atoms with E-state index in [0.29, 0.717) is 5.41 Å². The largest absolute Gasteiger partial charge is 0.351 e. The molecule has 98 valence electrons. The minimum atomic E-state index is 0.0150. The second-order valence-electron chi connectivity index (χ2n) is 4.75. The highest BCUT2D eigenvalue weighted by Crippen LogP contribution is 2.48. The van der Waals surface area contributed by atoms with Gasteiger partial charge in [0.1, 0.15) is 0 Å². The zero-order chi connectivity index (χ0) is 13.2. The summed E-state index contributed by atoms with van der Waals surface area (Å²) in [6, 6.07) is 5.81. The van der Waals surface area contributed by atoms with E-state index in [9.17, 15) is 4.79 Å². The number of hydrogen-bond acceptors (Lipinski definition) is 1. The van der Waals surface area contributed by atoms with Crippen molar-refractivity contribution in [3.63, 3.8) is 0 Å². The van der Waals surface area contributed by atoms with E-state index in [1.54, 1.807) is 0 Å². The van der Waals surface area contributed by atoms with E-state index in [0.717, 1.165) is 31.9 Å². The number of nitrogens with one attached hydrogen (secondary N) is 1. The third-order valence-corrected chi connectivity index (χ3v) is 5.14. The summed E-state index contributed by atoms with van der Waals surface area (Å²) in [5, 5.41) is 4.07. The highest BCUT2D eigenvalue weighted by Gasteiger charge is 2.41. The molecule has 0 spiro atoms. The number of halogens is 3. The first-order valence-electron chi connectivity index (χ1n) is 5.86. The number of carbonyl (C=O) groups excluding carboxylic acids is 1. The predicted octanol–water partition coefficient (Wildman–Crippen LogP) is 4.35. The maximum atomic E-state index is 12.1. The van der Waals surface area contributed by atoms with Gasteiger partial charge >= 0.3 is 0 Å². The summed E-state index contributed by atoms with van der Waals surface area (Å²) in [7, 11) is 0. The van der Waals surface area contributed by atoms with Crippen molar-refractivity contribution in [2.45, 2.75) is 19.3 Å². The molecule has 0 saturated heterocycles. The average Bonchev–Trinajstić information content (AvgIpc) is 3.10. The number of rotatable bonds is 5. The van der Waals surface area contributed by atoms with Gasteiger partial charge in [0, 0.05) is 19.9 Å². The quantitative estimate of drug-likeness (QED) is 0.486. The van der Waals surface area contributed by atoms with Gasteiger partial charge in [-0.25, -0.2) is 0 Å². The van der Waals surface area contributed by atoms with Crippen molar-refractivity contribution in [3.05, 3.63) is 31.8 Å². The van der Waals surface area contributed by atoms with Crippen LogP contribution < -0.4 is 5.32 Å². The maximum Gasteiger partial charge on any atom is 0.252 e.